The molecule has 150 valence electrons. The standard InChI is InChI=1S/C22H28N2O3S/c1-2-27-18-15-19(16-9-5-3-6-10-16)28-20(18)22(26)24-14-13-23-21(25)17-11-7-4-8-12-17/h3,5-6,9-10,15,17H,2,4,7-8,11-14H2,1H3,(H,23,25)(H,24,26). The second-order valence-corrected chi connectivity index (χ2v) is 8.04. The number of carbonyl (C=O) groups is 2. The minimum atomic E-state index is -0.164. The van der Waals surface area contributed by atoms with Crippen LogP contribution in [-0.2, 0) is 4.79 Å². The van der Waals surface area contributed by atoms with Gasteiger partial charge in [-0.15, -0.1) is 11.3 Å². The molecule has 1 heterocycles. The zero-order valence-corrected chi connectivity index (χ0v) is 17.1. The van der Waals surface area contributed by atoms with Gasteiger partial charge in [0.1, 0.15) is 10.6 Å². The minimum Gasteiger partial charge on any atom is -0.492 e. The van der Waals surface area contributed by atoms with Crippen LogP contribution in [0.3, 0.4) is 0 Å². The number of thiophene rings is 1. The Morgan fingerprint density at radius 2 is 1.79 bits per heavy atom. The van der Waals surface area contributed by atoms with Crippen LogP contribution in [0.15, 0.2) is 36.4 Å². The third-order valence-electron chi connectivity index (χ3n) is 4.95. The Kier molecular flexibility index (Phi) is 7.48. The van der Waals surface area contributed by atoms with E-state index in [2.05, 4.69) is 10.6 Å². The molecule has 28 heavy (non-hydrogen) atoms. The van der Waals surface area contributed by atoms with E-state index in [1.165, 1.54) is 17.8 Å². The Bertz CT molecular complexity index is 782. The summed E-state index contributed by atoms with van der Waals surface area (Å²) >= 11 is 1.42. The van der Waals surface area contributed by atoms with Crippen molar-refractivity contribution in [2.75, 3.05) is 19.7 Å². The van der Waals surface area contributed by atoms with Gasteiger partial charge in [-0.2, -0.15) is 0 Å². The third kappa shape index (κ3) is 5.35. The van der Waals surface area contributed by atoms with E-state index >= 15 is 0 Å². The van der Waals surface area contributed by atoms with Crippen molar-refractivity contribution in [3.63, 3.8) is 0 Å². The van der Waals surface area contributed by atoms with Crippen LogP contribution in [0.25, 0.3) is 10.4 Å². The smallest absolute Gasteiger partial charge is 0.265 e. The molecule has 1 aromatic carbocycles. The van der Waals surface area contributed by atoms with Crippen molar-refractivity contribution < 1.29 is 14.3 Å². The molecule has 0 unspecified atom stereocenters. The molecule has 2 amide bonds. The van der Waals surface area contributed by atoms with Crippen LogP contribution >= 0.6 is 11.3 Å². The van der Waals surface area contributed by atoms with Gasteiger partial charge in [0.25, 0.3) is 5.91 Å². The van der Waals surface area contributed by atoms with Gasteiger partial charge < -0.3 is 15.4 Å². The van der Waals surface area contributed by atoms with Crippen LogP contribution in [0.2, 0.25) is 0 Å². The minimum absolute atomic E-state index is 0.117. The SMILES string of the molecule is CCOc1cc(-c2ccccc2)sc1C(=O)NCCNC(=O)C1CCCCC1. The number of ether oxygens (including phenoxy) is 1. The van der Waals surface area contributed by atoms with E-state index in [1.54, 1.807) is 0 Å². The highest BCUT2D eigenvalue weighted by atomic mass is 32.1. The van der Waals surface area contributed by atoms with E-state index in [4.69, 9.17) is 4.74 Å². The molecular weight excluding hydrogens is 372 g/mol. The summed E-state index contributed by atoms with van der Waals surface area (Å²) in [7, 11) is 0. The molecule has 0 radical (unpaired) electrons. The van der Waals surface area contributed by atoms with Crippen molar-refractivity contribution in [1.82, 2.24) is 10.6 Å². The van der Waals surface area contributed by atoms with Crippen LogP contribution < -0.4 is 15.4 Å². The lowest BCUT2D eigenvalue weighted by molar-refractivity contribution is -0.125. The predicted molar refractivity (Wildman–Crippen MR) is 113 cm³/mol. The van der Waals surface area contributed by atoms with E-state index in [1.807, 2.05) is 43.3 Å². The molecule has 1 aromatic heterocycles. The summed E-state index contributed by atoms with van der Waals surface area (Å²) in [6.45, 7) is 3.26. The molecule has 2 aromatic rings. The monoisotopic (exact) mass is 400 g/mol. The lowest BCUT2D eigenvalue weighted by atomic mass is 9.89. The molecule has 1 aliphatic carbocycles. The zero-order chi connectivity index (χ0) is 19.8. The lowest BCUT2D eigenvalue weighted by Gasteiger charge is -2.20. The van der Waals surface area contributed by atoms with Crippen molar-refractivity contribution in [3.8, 4) is 16.2 Å². The molecule has 5 nitrogen and oxygen atoms in total. The molecule has 0 aliphatic heterocycles. The Balaban J connectivity index is 1.54. The fourth-order valence-corrected chi connectivity index (χ4v) is 4.51. The fraction of sp³-hybridized carbons (Fsp3) is 0.455. The van der Waals surface area contributed by atoms with Gasteiger partial charge in [0, 0.05) is 23.9 Å². The Morgan fingerprint density at radius 3 is 2.50 bits per heavy atom. The van der Waals surface area contributed by atoms with Crippen LogP contribution in [0, 0.1) is 5.92 Å². The molecule has 0 saturated heterocycles. The van der Waals surface area contributed by atoms with Gasteiger partial charge in [-0.1, -0.05) is 49.6 Å². The van der Waals surface area contributed by atoms with Crippen LogP contribution in [0.5, 0.6) is 5.75 Å². The number of hydrogen-bond acceptors (Lipinski definition) is 4. The van der Waals surface area contributed by atoms with Gasteiger partial charge in [-0.3, -0.25) is 9.59 Å². The predicted octanol–water partition coefficient (Wildman–Crippen LogP) is 4.24. The topological polar surface area (TPSA) is 67.4 Å². The zero-order valence-electron chi connectivity index (χ0n) is 16.3. The highest BCUT2D eigenvalue weighted by molar-refractivity contribution is 7.17. The van der Waals surface area contributed by atoms with Crippen LogP contribution in [0.1, 0.15) is 48.7 Å². The summed E-state index contributed by atoms with van der Waals surface area (Å²) < 4.78 is 5.66. The van der Waals surface area contributed by atoms with Crippen molar-refractivity contribution >= 4 is 23.2 Å². The summed E-state index contributed by atoms with van der Waals surface area (Å²) in [6.07, 6.45) is 5.46. The molecule has 6 heteroatoms. The summed E-state index contributed by atoms with van der Waals surface area (Å²) in [5, 5.41) is 5.85. The number of hydrogen-bond donors (Lipinski definition) is 2. The van der Waals surface area contributed by atoms with Crippen molar-refractivity contribution in [3.05, 3.63) is 41.3 Å². The molecule has 3 rings (SSSR count). The molecule has 2 N–H and O–H groups in total. The van der Waals surface area contributed by atoms with Crippen molar-refractivity contribution in [2.24, 2.45) is 5.92 Å². The first-order chi connectivity index (χ1) is 13.7. The van der Waals surface area contributed by atoms with E-state index in [-0.39, 0.29) is 17.7 Å². The first-order valence-electron chi connectivity index (χ1n) is 10.1. The molecule has 0 bridgehead atoms. The normalized spacial score (nSPS) is 14.5. The highest BCUT2D eigenvalue weighted by Gasteiger charge is 2.21. The van der Waals surface area contributed by atoms with Gasteiger partial charge in [0.05, 0.1) is 6.61 Å². The molecular formula is C22H28N2O3S. The number of amides is 2. The number of rotatable bonds is 8. The largest absolute Gasteiger partial charge is 0.492 e. The first-order valence-corrected chi connectivity index (χ1v) is 10.9. The average molecular weight is 401 g/mol. The first kappa shape index (κ1) is 20.4. The van der Waals surface area contributed by atoms with Crippen molar-refractivity contribution in [1.29, 1.82) is 0 Å². The summed E-state index contributed by atoms with van der Waals surface area (Å²) in [5.74, 6) is 0.698. The maximum absolute atomic E-state index is 12.6. The lowest BCUT2D eigenvalue weighted by Crippen LogP contribution is -2.38. The molecule has 1 aliphatic rings. The quantitative estimate of drug-likeness (QED) is 0.651. The fourth-order valence-electron chi connectivity index (χ4n) is 3.49. The highest BCUT2D eigenvalue weighted by Crippen LogP contribution is 2.36. The summed E-state index contributed by atoms with van der Waals surface area (Å²) in [6, 6.07) is 11.9. The van der Waals surface area contributed by atoms with Crippen molar-refractivity contribution in [2.45, 2.75) is 39.0 Å². The molecule has 1 saturated carbocycles. The second-order valence-electron chi connectivity index (χ2n) is 6.98. The molecule has 1 fully saturated rings. The van der Waals surface area contributed by atoms with E-state index in [0.717, 1.165) is 36.1 Å². The maximum atomic E-state index is 12.6. The second kappa shape index (κ2) is 10.3. The molecule has 0 spiro atoms. The van der Waals surface area contributed by atoms with Gasteiger partial charge in [-0.25, -0.2) is 0 Å². The van der Waals surface area contributed by atoms with Gasteiger partial charge >= 0.3 is 0 Å². The van der Waals surface area contributed by atoms with E-state index in [0.29, 0.717) is 30.3 Å². The molecule has 0 atom stereocenters. The number of carbonyl (C=O) groups excluding carboxylic acids is 2. The van der Waals surface area contributed by atoms with E-state index < -0.39 is 0 Å². The van der Waals surface area contributed by atoms with Gasteiger partial charge in [0.15, 0.2) is 0 Å². The third-order valence-corrected chi connectivity index (χ3v) is 6.11. The van der Waals surface area contributed by atoms with Crippen LogP contribution in [-0.4, -0.2) is 31.5 Å². The summed E-state index contributed by atoms with van der Waals surface area (Å²) in [5.41, 5.74) is 1.06. The Hall–Kier alpha value is -2.34. The maximum Gasteiger partial charge on any atom is 0.265 e. The number of benzene rings is 1. The Morgan fingerprint density at radius 1 is 1.07 bits per heavy atom. The average Bonchev–Trinajstić information content (AvgIpc) is 3.16. The van der Waals surface area contributed by atoms with Crippen LogP contribution in [0.4, 0.5) is 0 Å². The Labute approximate surface area is 170 Å². The van der Waals surface area contributed by atoms with E-state index in [9.17, 15) is 9.59 Å². The van der Waals surface area contributed by atoms with Gasteiger partial charge in [-0.05, 0) is 31.4 Å². The summed E-state index contributed by atoms with van der Waals surface area (Å²) in [4.78, 5) is 26.4. The van der Waals surface area contributed by atoms with Gasteiger partial charge in [0.2, 0.25) is 5.91 Å². The number of nitrogens with one attached hydrogen (secondary N) is 2.